The van der Waals surface area contributed by atoms with Gasteiger partial charge in [-0.1, -0.05) is 30.3 Å². The van der Waals surface area contributed by atoms with Crippen molar-refractivity contribution in [1.29, 1.82) is 0 Å². The molecule has 0 unspecified atom stereocenters. The summed E-state index contributed by atoms with van der Waals surface area (Å²) in [7, 11) is 2.15. The summed E-state index contributed by atoms with van der Waals surface area (Å²) >= 11 is 0. The van der Waals surface area contributed by atoms with Crippen LogP contribution >= 0.6 is 0 Å². The Balaban J connectivity index is 1.91. The molecule has 2 atom stereocenters. The lowest BCUT2D eigenvalue weighted by Gasteiger charge is -2.36. The van der Waals surface area contributed by atoms with Crippen molar-refractivity contribution >= 4 is 17.8 Å². The molecule has 0 aliphatic carbocycles. The van der Waals surface area contributed by atoms with E-state index in [1.807, 2.05) is 30.3 Å². The maximum atomic E-state index is 12.7. The number of benzene rings is 1. The van der Waals surface area contributed by atoms with Crippen LogP contribution < -0.4 is 10.2 Å². The monoisotopic (exact) mass is 345 g/mol. The number of rotatable bonds is 3. The van der Waals surface area contributed by atoms with Crippen LogP contribution in [0.4, 0.5) is 0 Å². The van der Waals surface area contributed by atoms with E-state index >= 15 is 0 Å². The van der Waals surface area contributed by atoms with E-state index in [0.717, 1.165) is 31.7 Å². The van der Waals surface area contributed by atoms with Crippen LogP contribution in [-0.4, -0.2) is 62.6 Å². The zero-order chi connectivity index (χ0) is 17.8. The standard InChI is InChI=1S/C18H24N4O3/c1-3-25-17(24)14-15(13-7-5-4-6-8-13)19-18(20-16(14)23)22-11-9-21(2)10-12-22/h4-8,14-15H,3,9-12H2,1-2H3,(H,19,20,23)/p+1/t14-,15+/m0/s1. The number of hydrogen-bond donors (Lipinski definition) is 2. The average Bonchev–Trinajstić information content (AvgIpc) is 2.62. The molecule has 1 amide bonds. The highest BCUT2D eigenvalue weighted by Gasteiger charge is 2.42. The van der Waals surface area contributed by atoms with Crippen LogP contribution in [0, 0.1) is 5.92 Å². The number of quaternary nitrogens is 1. The summed E-state index contributed by atoms with van der Waals surface area (Å²) < 4.78 is 5.11. The molecule has 2 aliphatic rings. The first kappa shape index (κ1) is 17.4. The van der Waals surface area contributed by atoms with E-state index in [2.05, 4.69) is 17.3 Å². The predicted octanol–water partition coefficient (Wildman–Crippen LogP) is -0.777. The molecule has 1 aromatic rings. The molecule has 0 saturated carbocycles. The van der Waals surface area contributed by atoms with E-state index in [1.165, 1.54) is 4.90 Å². The van der Waals surface area contributed by atoms with Crippen LogP contribution in [0.25, 0.3) is 0 Å². The summed E-state index contributed by atoms with van der Waals surface area (Å²) in [6, 6.07) is 8.91. The second kappa shape index (κ2) is 7.65. The van der Waals surface area contributed by atoms with Crippen molar-refractivity contribution in [2.45, 2.75) is 13.0 Å². The Morgan fingerprint density at radius 1 is 1.32 bits per heavy atom. The van der Waals surface area contributed by atoms with Crippen molar-refractivity contribution in [3.63, 3.8) is 0 Å². The summed E-state index contributed by atoms with van der Waals surface area (Å²) in [5.74, 6) is -1.26. The smallest absolute Gasteiger partial charge is 0.321 e. The number of ether oxygens (including phenoxy) is 1. The van der Waals surface area contributed by atoms with Gasteiger partial charge in [-0.3, -0.25) is 14.9 Å². The fraction of sp³-hybridized carbons (Fsp3) is 0.500. The number of nitrogens with zero attached hydrogens (tertiary/aromatic N) is 2. The number of amides is 1. The predicted molar refractivity (Wildman–Crippen MR) is 93.1 cm³/mol. The highest BCUT2D eigenvalue weighted by Crippen LogP contribution is 2.30. The van der Waals surface area contributed by atoms with Gasteiger partial charge in [-0.15, -0.1) is 0 Å². The maximum Gasteiger partial charge on any atom is 0.321 e. The Hall–Kier alpha value is -2.41. The van der Waals surface area contributed by atoms with Gasteiger partial charge in [0, 0.05) is 0 Å². The maximum absolute atomic E-state index is 12.7. The number of piperazine rings is 1. The first-order valence-corrected chi connectivity index (χ1v) is 8.76. The van der Waals surface area contributed by atoms with Gasteiger partial charge in [0.05, 0.1) is 39.8 Å². The largest absolute Gasteiger partial charge is 0.465 e. The van der Waals surface area contributed by atoms with Gasteiger partial charge < -0.3 is 14.5 Å². The number of nitrogens with one attached hydrogen (secondary N) is 2. The molecule has 2 aliphatic heterocycles. The number of likely N-dealkylation sites (N-methyl/N-ethyl adjacent to an activating group) is 1. The molecule has 3 rings (SSSR count). The molecule has 2 heterocycles. The van der Waals surface area contributed by atoms with Gasteiger partial charge in [-0.25, -0.2) is 4.99 Å². The Morgan fingerprint density at radius 2 is 2.00 bits per heavy atom. The van der Waals surface area contributed by atoms with Crippen molar-refractivity contribution < 1.29 is 19.2 Å². The van der Waals surface area contributed by atoms with Gasteiger partial charge in [0.1, 0.15) is 6.04 Å². The van der Waals surface area contributed by atoms with Crippen LogP contribution in [-0.2, 0) is 14.3 Å². The average molecular weight is 345 g/mol. The molecule has 1 saturated heterocycles. The third kappa shape index (κ3) is 3.82. The zero-order valence-corrected chi connectivity index (χ0v) is 14.7. The second-order valence-electron chi connectivity index (χ2n) is 6.47. The molecule has 0 radical (unpaired) electrons. The number of carbonyl (C=O) groups excluding carboxylic acids is 2. The molecule has 1 fully saturated rings. The summed E-state index contributed by atoms with van der Waals surface area (Å²) in [6.45, 7) is 5.62. The van der Waals surface area contributed by atoms with E-state index in [-0.39, 0.29) is 12.5 Å². The molecule has 7 nitrogen and oxygen atoms in total. The zero-order valence-electron chi connectivity index (χ0n) is 14.7. The first-order valence-electron chi connectivity index (χ1n) is 8.76. The summed E-state index contributed by atoms with van der Waals surface area (Å²) in [5.41, 5.74) is 0.840. The molecule has 0 spiro atoms. The van der Waals surface area contributed by atoms with Gasteiger partial charge >= 0.3 is 5.97 Å². The number of carbonyl (C=O) groups is 2. The van der Waals surface area contributed by atoms with Gasteiger partial charge in [0.2, 0.25) is 11.9 Å². The van der Waals surface area contributed by atoms with Crippen molar-refractivity contribution in [3.05, 3.63) is 35.9 Å². The highest BCUT2D eigenvalue weighted by molar-refractivity contribution is 6.08. The quantitative estimate of drug-likeness (QED) is 0.557. The second-order valence-corrected chi connectivity index (χ2v) is 6.47. The lowest BCUT2D eigenvalue weighted by atomic mass is 9.91. The summed E-state index contributed by atoms with van der Waals surface area (Å²) in [5, 5.41) is 2.82. The third-order valence-electron chi connectivity index (χ3n) is 4.69. The van der Waals surface area contributed by atoms with Gasteiger partial charge in [0.25, 0.3) is 0 Å². The Morgan fingerprint density at radius 3 is 2.64 bits per heavy atom. The molecule has 25 heavy (non-hydrogen) atoms. The molecule has 0 bridgehead atoms. The van der Waals surface area contributed by atoms with Crippen molar-refractivity contribution in [2.75, 3.05) is 39.8 Å². The van der Waals surface area contributed by atoms with E-state index < -0.39 is 17.9 Å². The molecular weight excluding hydrogens is 320 g/mol. The van der Waals surface area contributed by atoms with Crippen LogP contribution in [0.2, 0.25) is 0 Å². The SMILES string of the molecule is CCOC(=O)[C@@H]1C(=O)NC(N2CC[NH+](C)CC2)=N[C@@H]1c1ccccc1. The van der Waals surface area contributed by atoms with Crippen LogP contribution in [0.1, 0.15) is 18.5 Å². The fourth-order valence-corrected chi connectivity index (χ4v) is 3.22. The topological polar surface area (TPSA) is 75.4 Å². The summed E-state index contributed by atoms with van der Waals surface area (Å²) in [4.78, 5) is 33.3. The minimum Gasteiger partial charge on any atom is -0.465 e. The van der Waals surface area contributed by atoms with Crippen molar-refractivity contribution in [2.24, 2.45) is 10.9 Å². The van der Waals surface area contributed by atoms with Crippen molar-refractivity contribution in [1.82, 2.24) is 10.2 Å². The molecule has 134 valence electrons. The highest BCUT2D eigenvalue weighted by atomic mass is 16.5. The van der Waals surface area contributed by atoms with Crippen LogP contribution in [0.5, 0.6) is 0 Å². The Bertz CT molecular complexity index is 654. The fourth-order valence-electron chi connectivity index (χ4n) is 3.22. The minimum atomic E-state index is -0.954. The molecule has 7 heteroatoms. The molecule has 2 N–H and O–H groups in total. The Kier molecular flexibility index (Phi) is 5.33. The summed E-state index contributed by atoms with van der Waals surface area (Å²) in [6.07, 6.45) is 0. The molecule has 0 aromatic heterocycles. The lowest BCUT2D eigenvalue weighted by molar-refractivity contribution is -0.883. The number of hydrogen-bond acceptors (Lipinski definition) is 5. The Labute approximate surface area is 147 Å². The van der Waals surface area contributed by atoms with Crippen molar-refractivity contribution in [3.8, 4) is 0 Å². The van der Waals surface area contributed by atoms with E-state index in [0.29, 0.717) is 5.96 Å². The molecular formula is C18H25N4O3+. The van der Waals surface area contributed by atoms with Crippen LogP contribution in [0.3, 0.4) is 0 Å². The number of aliphatic imine (C=N–C) groups is 1. The third-order valence-corrected chi connectivity index (χ3v) is 4.69. The van der Waals surface area contributed by atoms with Gasteiger partial charge in [-0.05, 0) is 12.5 Å². The first-order chi connectivity index (χ1) is 12.1. The minimum absolute atomic E-state index is 0.238. The number of guanidine groups is 1. The van der Waals surface area contributed by atoms with E-state index in [1.54, 1.807) is 6.92 Å². The number of esters is 1. The van der Waals surface area contributed by atoms with Crippen LogP contribution in [0.15, 0.2) is 35.3 Å². The molecule has 1 aromatic carbocycles. The van der Waals surface area contributed by atoms with Gasteiger partial charge in [-0.2, -0.15) is 0 Å². The van der Waals surface area contributed by atoms with E-state index in [4.69, 9.17) is 9.73 Å². The van der Waals surface area contributed by atoms with E-state index in [9.17, 15) is 9.59 Å². The van der Waals surface area contributed by atoms with Gasteiger partial charge in [0.15, 0.2) is 5.92 Å². The lowest BCUT2D eigenvalue weighted by Crippen LogP contribution is -3.12. The normalized spacial score (nSPS) is 24.5.